The molecule has 0 saturated heterocycles. The number of ether oxygens (including phenoxy) is 2. The molecule has 1 amide bonds. The third-order valence-electron chi connectivity index (χ3n) is 4.23. The van der Waals surface area contributed by atoms with Gasteiger partial charge in [0.05, 0.1) is 17.3 Å². The van der Waals surface area contributed by atoms with E-state index in [4.69, 9.17) is 9.47 Å². The van der Waals surface area contributed by atoms with Crippen LogP contribution in [-0.4, -0.2) is 29.6 Å². The molecule has 2 heterocycles. The number of amides is 1. The number of rotatable bonds is 6. The molecule has 152 valence electrons. The fourth-order valence-corrected chi connectivity index (χ4v) is 4.93. The van der Waals surface area contributed by atoms with E-state index in [1.807, 2.05) is 47.8 Å². The summed E-state index contributed by atoms with van der Waals surface area (Å²) in [6.45, 7) is -0.163. The number of carbonyl (C=O) groups excluding carboxylic acids is 1. The number of carbonyl (C=O) groups is 1. The highest BCUT2D eigenvalue weighted by molar-refractivity contribution is 9.11. The van der Waals surface area contributed by atoms with Crippen LogP contribution in [0, 0.1) is 0 Å². The van der Waals surface area contributed by atoms with Gasteiger partial charge in [-0.25, -0.2) is 4.98 Å². The molecule has 0 aliphatic heterocycles. The van der Waals surface area contributed by atoms with Gasteiger partial charge in [0.15, 0.2) is 17.5 Å². The molecule has 4 aromatic rings. The summed E-state index contributed by atoms with van der Waals surface area (Å²) in [7, 11) is 1.62. The predicted octanol–water partition coefficient (Wildman–Crippen LogP) is 5.91. The van der Waals surface area contributed by atoms with Gasteiger partial charge in [-0.1, -0.05) is 22.0 Å². The van der Waals surface area contributed by atoms with E-state index < -0.39 is 0 Å². The fraction of sp³-hybridized carbons (Fsp3) is 0.0952. The maximum absolute atomic E-state index is 12.4. The highest BCUT2D eigenvalue weighted by Gasteiger charge is 2.14. The quantitative estimate of drug-likeness (QED) is 0.324. The third kappa shape index (κ3) is 4.48. The van der Waals surface area contributed by atoms with Crippen molar-refractivity contribution in [2.45, 2.75) is 0 Å². The molecule has 0 saturated carbocycles. The summed E-state index contributed by atoms with van der Waals surface area (Å²) in [6, 6.07) is 13.2. The van der Waals surface area contributed by atoms with E-state index in [9.17, 15) is 4.79 Å². The lowest BCUT2D eigenvalue weighted by atomic mass is 10.2. The third-order valence-corrected chi connectivity index (χ3v) is 6.24. The van der Waals surface area contributed by atoms with Gasteiger partial charge in [-0.3, -0.25) is 15.1 Å². The van der Waals surface area contributed by atoms with Crippen molar-refractivity contribution in [2.24, 2.45) is 0 Å². The Labute approximate surface area is 193 Å². The van der Waals surface area contributed by atoms with Crippen LogP contribution in [0.15, 0.2) is 63.0 Å². The minimum Gasteiger partial charge on any atom is -0.497 e. The highest BCUT2D eigenvalue weighted by Crippen LogP contribution is 2.37. The molecule has 0 fully saturated rings. The van der Waals surface area contributed by atoms with E-state index in [1.165, 1.54) is 11.3 Å². The number of pyridine rings is 1. The van der Waals surface area contributed by atoms with Crippen molar-refractivity contribution in [3.8, 4) is 22.8 Å². The second-order valence-corrected chi connectivity index (χ2v) is 8.74. The zero-order valence-corrected chi connectivity index (χ0v) is 19.7. The molecule has 0 bridgehead atoms. The highest BCUT2D eigenvalue weighted by atomic mass is 79.9. The molecular formula is C21H15Br2N3O3S. The minimum absolute atomic E-state index is 0.163. The van der Waals surface area contributed by atoms with Crippen molar-refractivity contribution in [1.82, 2.24) is 9.97 Å². The molecule has 2 aromatic carbocycles. The minimum atomic E-state index is -0.301. The first-order valence-corrected chi connectivity index (χ1v) is 11.3. The predicted molar refractivity (Wildman–Crippen MR) is 125 cm³/mol. The Morgan fingerprint density at radius 2 is 1.97 bits per heavy atom. The van der Waals surface area contributed by atoms with Gasteiger partial charge in [-0.15, -0.1) is 11.3 Å². The number of halogens is 2. The maximum Gasteiger partial charge on any atom is 0.264 e. The van der Waals surface area contributed by atoms with E-state index >= 15 is 0 Å². The van der Waals surface area contributed by atoms with Crippen molar-refractivity contribution in [2.75, 3.05) is 19.0 Å². The van der Waals surface area contributed by atoms with Crippen molar-refractivity contribution in [3.05, 3.63) is 63.0 Å². The SMILES string of the molecule is COc1ccc(-c2csc(NC(=O)COc3c(Br)cc(Br)c4cccnc34)n2)cc1. The Balaban J connectivity index is 1.44. The second-order valence-electron chi connectivity index (χ2n) is 6.17. The number of anilines is 1. The first-order valence-electron chi connectivity index (χ1n) is 8.80. The molecule has 0 atom stereocenters. The maximum atomic E-state index is 12.4. The summed E-state index contributed by atoms with van der Waals surface area (Å²) in [6.07, 6.45) is 1.68. The van der Waals surface area contributed by atoms with Crippen LogP contribution in [0.5, 0.6) is 11.5 Å². The molecule has 0 aliphatic carbocycles. The Morgan fingerprint density at radius 3 is 2.73 bits per heavy atom. The van der Waals surface area contributed by atoms with Gasteiger partial charge in [-0.2, -0.15) is 0 Å². The normalized spacial score (nSPS) is 10.8. The number of nitrogens with zero attached hydrogens (tertiary/aromatic N) is 2. The van der Waals surface area contributed by atoms with E-state index in [1.54, 1.807) is 13.3 Å². The number of methoxy groups -OCH3 is 1. The van der Waals surface area contributed by atoms with Crippen LogP contribution < -0.4 is 14.8 Å². The smallest absolute Gasteiger partial charge is 0.264 e. The van der Waals surface area contributed by atoms with Crippen molar-refractivity contribution < 1.29 is 14.3 Å². The summed E-state index contributed by atoms with van der Waals surface area (Å²) in [5.74, 6) is 0.993. The van der Waals surface area contributed by atoms with Gasteiger partial charge >= 0.3 is 0 Å². The van der Waals surface area contributed by atoms with Gasteiger partial charge in [-0.05, 0) is 52.3 Å². The second kappa shape index (κ2) is 9.11. The number of hydrogen-bond acceptors (Lipinski definition) is 6. The van der Waals surface area contributed by atoms with Gasteiger partial charge in [0.1, 0.15) is 11.3 Å². The monoisotopic (exact) mass is 547 g/mol. The van der Waals surface area contributed by atoms with Crippen molar-refractivity contribution >= 4 is 65.1 Å². The number of aromatic nitrogens is 2. The lowest BCUT2D eigenvalue weighted by molar-refractivity contribution is -0.118. The van der Waals surface area contributed by atoms with Crippen LogP contribution in [0.1, 0.15) is 0 Å². The molecule has 30 heavy (non-hydrogen) atoms. The van der Waals surface area contributed by atoms with Crippen LogP contribution >= 0.6 is 43.2 Å². The number of hydrogen-bond donors (Lipinski definition) is 1. The Hall–Kier alpha value is -2.49. The Morgan fingerprint density at radius 1 is 1.17 bits per heavy atom. The lowest BCUT2D eigenvalue weighted by Crippen LogP contribution is -2.20. The Kier molecular flexibility index (Phi) is 6.31. The number of thiazole rings is 1. The average molecular weight is 549 g/mol. The van der Waals surface area contributed by atoms with E-state index in [2.05, 4.69) is 47.1 Å². The molecule has 0 aliphatic rings. The van der Waals surface area contributed by atoms with E-state index in [0.29, 0.717) is 20.9 Å². The van der Waals surface area contributed by atoms with Crippen LogP contribution in [0.4, 0.5) is 5.13 Å². The summed E-state index contributed by atoms with van der Waals surface area (Å²) >= 11 is 8.35. The van der Waals surface area contributed by atoms with Crippen molar-refractivity contribution in [3.63, 3.8) is 0 Å². The molecule has 0 unspecified atom stereocenters. The summed E-state index contributed by atoms with van der Waals surface area (Å²) in [5, 5.41) is 6.08. The molecule has 0 spiro atoms. The number of benzene rings is 2. The van der Waals surface area contributed by atoms with Crippen LogP contribution in [0.2, 0.25) is 0 Å². The first kappa shape index (κ1) is 20.8. The molecular weight excluding hydrogens is 534 g/mol. The summed E-state index contributed by atoms with van der Waals surface area (Å²) in [4.78, 5) is 21.2. The lowest BCUT2D eigenvalue weighted by Gasteiger charge is -2.11. The average Bonchev–Trinajstić information content (AvgIpc) is 3.22. The van der Waals surface area contributed by atoms with Crippen LogP contribution in [-0.2, 0) is 4.79 Å². The zero-order chi connectivity index (χ0) is 21.1. The number of nitrogens with one attached hydrogen (secondary N) is 1. The van der Waals surface area contributed by atoms with Crippen LogP contribution in [0.3, 0.4) is 0 Å². The zero-order valence-electron chi connectivity index (χ0n) is 15.7. The Bertz CT molecular complexity index is 1210. The fourth-order valence-electron chi connectivity index (χ4n) is 2.80. The molecule has 2 aromatic heterocycles. The van der Waals surface area contributed by atoms with Gasteiger partial charge in [0.2, 0.25) is 0 Å². The molecule has 6 nitrogen and oxygen atoms in total. The molecule has 9 heteroatoms. The first-order chi connectivity index (χ1) is 14.5. The van der Waals surface area contributed by atoms with Gasteiger partial charge in [0.25, 0.3) is 5.91 Å². The topological polar surface area (TPSA) is 73.3 Å². The number of fused-ring (bicyclic) bond motifs is 1. The summed E-state index contributed by atoms with van der Waals surface area (Å²) in [5.41, 5.74) is 2.40. The largest absolute Gasteiger partial charge is 0.497 e. The summed E-state index contributed by atoms with van der Waals surface area (Å²) < 4.78 is 12.5. The molecule has 1 N–H and O–H groups in total. The van der Waals surface area contributed by atoms with E-state index in [-0.39, 0.29) is 12.5 Å². The van der Waals surface area contributed by atoms with E-state index in [0.717, 1.165) is 26.9 Å². The molecule has 0 radical (unpaired) electrons. The van der Waals surface area contributed by atoms with Gasteiger partial charge in [0, 0.05) is 27.0 Å². The van der Waals surface area contributed by atoms with Crippen molar-refractivity contribution in [1.29, 1.82) is 0 Å². The molecule has 4 rings (SSSR count). The standard InChI is InChI=1S/C21H15Br2N3O3S/c1-28-13-6-4-12(5-7-13)17-11-30-21(25-17)26-18(27)10-29-20-16(23)9-15(22)14-3-2-8-24-19(14)20/h2-9,11H,10H2,1H3,(H,25,26,27). The van der Waals surface area contributed by atoms with Gasteiger partial charge < -0.3 is 9.47 Å². The van der Waals surface area contributed by atoms with Crippen LogP contribution in [0.25, 0.3) is 22.2 Å².